The predicted molar refractivity (Wildman–Crippen MR) is 90.4 cm³/mol. The van der Waals surface area contributed by atoms with E-state index in [1.807, 2.05) is 22.9 Å². The molecular formula is C17H17NO5S. The van der Waals surface area contributed by atoms with Crippen LogP contribution >= 0.6 is 0 Å². The Morgan fingerprint density at radius 2 is 1.67 bits per heavy atom. The van der Waals surface area contributed by atoms with Crippen LogP contribution in [0.5, 0.6) is 11.5 Å². The topological polar surface area (TPSA) is 81.7 Å². The normalized spacial score (nSPS) is 11.2. The maximum atomic E-state index is 12.3. The molecule has 0 heterocycles. The molecule has 7 heteroatoms. The number of carbonyl (C=O) groups excluding carboxylic acids is 1. The third-order valence-corrected chi connectivity index (χ3v) is 4.47. The molecule has 2 aromatic carbocycles. The summed E-state index contributed by atoms with van der Waals surface area (Å²) in [7, 11) is -1.16. The molecule has 0 aromatic heterocycles. The van der Waals surface area contributed by atoms with Crippen molar-refractivity contribution >= 4 is 22.0 Å². The highest BCUT2D eigenvalue weighted by atomic mass is 32.2. The number of ether oxygens (including phenoxy) is 2. The molecule has 0 unspecified atom stereocenters. The first-order valence-electron chi connectivity index (χ1n) is 6.98. The fourth-order valence-corrected chi connectivity index (χ4v) is 2.91. The van der Waals surface area contributed by atoms with Crippen LogP contribution in [0.4, 0.5) is 0 Å². The van der Waals surface area contributed by atoms with Gasteiger partial charge in [-0.2, -0.15) is 0 Å². The SMILES string of the molecule is COc1ccc(S(=O)(=O)NC(=O)/C=C\c2ccccc2)cc1OC. The summed E-state index contributed by atoms with van der Waals surface area (Å²) in [5.41, 5.74) is 0.788. The van der Waals surface area contributed by atoms with Crippen LogP contribution in [0.1, 0.15) is 5.56 Å². The molecule has 0 aliphatic carbocycles. The Hall–Kier alpha value is -2.80. The average molecular weight is 347 g/mol. The largest absolute Gasteiger partial charge is 0.493 e. The molecule has 2 rings (SSSR count). The van der Waals surface area contributed by atoms with Crippen molar-refractivity contribution in [2.24, 2.45) is 0 Å². The molecule has 0 saturated carbocycles. The number of hydrogen-bond acceptors (Lipinski definition) is 5. The van der Waals surface area contributed by atoms with Gasteiger partial charge in [-0.3, -0.25) is 4.79 Å². The van der Waals surface area contributed by atoms with E-state index in [-0.39, 0.29) is 10.6 Å². The van der Waals surface area contributed by atoms with E-state index in [2.05, 4.69) is 0 Å². The van der Waals surface area contributed by atoms with Gasteiger partial charge in [-0.15, -0.1) is 0 Å². The number of rotatable bonds is 6. The minimum atomic E-state index is -4.01. The van der Waals surface area contributed by atoms with E-state index in [9.17, 15) is 13.2 Å². The molecule has 6 nitrogen and oxygen atoms in total. The van der Waals surface area contributed by atoms with Crippen molar-refractivity contribution in [3.63, 3.8) is 0 Å². The highest BCUT2D eigenvalue weighted by molar-refractivity contribution is 7.90. The van der Waals surface area contributed by atoms with Gasteiger partial charge in [-0.05, 0) is 23.8 Å². The summed E-state index contributed by atoms with van der Waals surface area (Å²) >= 11 is 0. The summed E-state index contributed by atoms with van der Waals surface area (Å²) in [6, 6.07) is 13.2. The maximum absolute atomic E-state index is 12.3. The molecule has 0 aliphatic rings. The van der Waals surface area contributed by atoms with Crippen LogP contribution in [0.15, 0.2) is 59.5 Å². The molecule has 126 valence electrons. The van der Waals surface area contributed by atoms with E-state index in [0.29, 0.717) is 5.75 Å². The van der Waals surface area contributed by atoms with Crippen LogP contribution in [0, 0.1) is 0 Å². The van der Waals surface area contributed by atoms with Crippen molar-refractivity contribution in [2.45, 2.75) is 4.90 Å². The molecule has 0 saturated heterocycles. The number of hydrogen-bond donors (Lipinski definition) is 1. The standard InChI is InChI=1S/C17H17NO5S/c1-22-15-10-9-14(12-16(15)23-2)24(20,21)18-17(19)11-8-13-6-4-3-5-7-13/h3-12H,1-2H3,(H,18,19)/b11-8-. The number of amides is 1. The Morgan fingerprint density at radius 1 is 1.00 bits per heavy atom. The van der Waals surface area contributed by atoms with Crippen LogP contribution in [-0.2, 0) is 14.8 Å². The van der Waals surface area contributed by atoms with E-state index < -0.39 is 15.9 Å². The van der Waals surface area contributed by atoms with Gasteiger partial charge in [0, 0.05) is 12.1 Å². The number of benzene rings is 2. The molecule has 1 N–H and O–H groups in total. The van der Waals surface area contributed by atoms with Crippen LogP contribution in [-0.4, -0.2) is 28.5 Å². The quantitative estimate of drug-likeness (QED) is 0.810. The van der Waals surface area contributed by atoms with Gasteiger partial charge in [-0.25, -0.2) is 13.1 Å². The Kier molecular flexibility index (Phi) is 5.59. The lowest BCUT2D eigenvalue weighted by molar-refractivity contribution is -0.114. The van der Waals surface area contributed by atoms with Gasteiger partial charge in [0.25, 0.3) is 15.9 Å². The molecule has 0 atom stereocenters. The molecule has 24 heavy (non-hydrogen) atoms. The third-order valence-electron chi connectivity index (χ3n) is 3.13. The fraction of sp³-hybridized carbons (Fsp3) is 0.118. The zero-order chi connectivity index (χ0) is 17.6. The second-order valence-corrected chi connectivity index (χ2v) is 6.41. The highest BCUT2D eigenvalue weighted by Gasteiger charge is 2.18. The van der Waals surface area contributed by atoms with Crippen molar-refractivity contribution in [2.75, 3.05) is 14.2 Å². The Balaban J connectivity index is 2.16. The van der Waals surface area contributed by atoms with Gasteiger partial charge in [-0.1, -0.05) is 30.3 Å². The van der Waals surface area contributed by atoms with E-state index in [1.54, 1.807) is 12.1 Å². The van der Waals surface area contributed by atoms with E-state index in [0.717, 1.165) is 11.6 Å². The third kappa shape index (κ3) is 4.36. The average Bonchev–Trinajstić information content (AvgIpc) is 2.59. The minimum Gasteiger partial charge on any atom is -0.493 e. The highest BCUT2D eigenvalue weighted by Crippen LogP contribution is 2.29. The van der Waals surface area contributed by atoms with E-state index in [4.69, 9.17) is 9.47 Å². The van der Waals surface area contributed by atoms with Crippen molar-refractivity contribution in [1.82, 2.24) is 4.72 Å². The summed E-state index contributed by atoms with van der Waals surface area (Å²) in [4.78, 5) is 11.8. The van der Waals surface area contributed by atoms with Crippen LogP contribution in [0.3, 0.4) is 0 Å². The predicted octanol–water partition coefficient (Wildman–Crippen LogP) is 2.22. The lowest BCUT2D eigenvalue weighted by atomic mass is 10.2. The molecule has 1 amide bonds. The monoisotopic (exact) mass is 347 g/mol. The second kappa shape index (κ2) is 7.65. The zero-order valence-corrected chi connectivity index (χ0v) is 14.0. The fourth-order valence-electron chi connectivity index (χ4n) is 1.95. The molecule has 0 fully saturated rings. The molecular weight excluding hydrogens is 330 g/mol. The molecule has 0 bridgehead atoms. The molecule has 0 spiro atoms. The molecule has 0 aliphatic heterocycles. The summed E-state index contributed by atoms with van der Waals surface area (Å²) in [6.45, 7) is 0. The van der Waals surface area contributed by atoms with Crippen molar-refractivity contribution in [3.8, 4) is 11.5 Å². The van der Waals surface area contributed by atoms with Crippen molar-refractivity contribution in [3.05, 3.63) is 60.2 Å². The zero-order valence-electron chi connectivity index (χ0n) is 13.2. The number of methoxy groups -OCH3 is 2. The van der Waals surface area contributed by atoms with Gasteiger partial charge in [0.2, 0.25) is 0 Å². The van der Waals surface area contributed by atoms with Gasteiger partial charge < -0.3 is 9.47 Å². The Bertz CT molecular complexity index is 845. The summed E-state index contributed by atoms with van der Waals surface area (Å²) in [5.74, 6) is -0.0898. The van der Waals surface area contributed by atoms with Crippen molar-refractivity contribution < 1.29 is 22.7 Å². The molecule has 2 aromatic rings. The number of sulfonamides is 1. The first kappa shape index (κ1) is 17.6. The van der Waals surface area contributed by atoms with Gasteiger partial charge in [0.05, 0.1) is 19.1 Å². The summed E-state index contributed by atoms with van der Waals surface area (Å²) in [5, 5.41) is 0. The summed E-state index contributed by atoms with van der Waals surface area (Å²) in [6.07, 6.45) is 2.69. The maximum Gasteiger partial charge on any atom is 0.264 e. The van der Waals surface area contributed by atoms with Gasteiger partial charge in [0.1, 0.15) is 0 Å². The first-order chi connectivity index (χ1) is 11.5. The van der Waals surface area contributed by atoms with Gasteiger partial charge in [0.15, 0.2) is 11.5 Å². The first-order valence-corrected chi connectivity index (χ1v) is 8.46. The van der Waals surface area contributed by atoms with Crippen LogP contribution in [0.2, 0.25) is 0 Å². The van der Waals surface area contributed by atoms with E-state index in [1.165, 1.54) is 38.5 Å². The van der Waals surface area contributed by atoms with Crippen LogP contribution in [0.25, 0.3) is 6.08 Å². The van der Waals surface area contributed by atoms with E-state index >= 15 is 0 Å². The molecule has 0 radical (unpaired) electrons. The Morgan fingerprint density at radius 3 is 2.29 bits per heavy atom. The summed E-state index contributed by atoms with van der Waals surface area (Å²) < 4.78 is 36.6. The van der Waals surface area contributed by atoms with Crippen LogP contribution < -0.4 is 14.2 Å². The number of nitrogens with one attached hydrogen (secondary N) is 1. The lowest BCUT2D eigenvalue weighted by Gasteiger charge is -2.10. The number of carbonyl (C=O) groups is 1. The Labute approximate surface area is 140 Å². The second-order valence-electron chi connectivity index (χ2n) is 4.73. The smallest absolute Gasteiger partial charge is 0.264 e. The minimum absolute atomic E-state index is 0.0957. The van der Waals surface area contributed by atoms with Crippen molar-refractivity contribution in [1.29, 1.82) is 0 Å². The lowest BCUT2D eigenvalue weighted by Crippen LogP contribution is -2.29. The van der Waals surface area contributed by atoms with Gasteiger partial charge >= 0.3 is 0 Å².